The Labute approximate surface area is 191 Å². The van der Waals surface area contributed by atoms with Crippen molar-refractivity contribution in [1.29, 1.82) is 0 Å². The number of unbranched alkanes of at least 4 members (excludes halogenated alkanes) is 4. The van der Waals surface area contributed by atoms with Gasteiger partial charge in [0.1, 0.15) is 0 Å². The van der Waals surface area contributed by atoms with Crippen molar-refractivity contribution in [3.63, 3.8) is 0 Å². The van der Waals surface area contributed by atoms with Gasteiger partial charge in [0.25, 0.3) is 0 Å². The maximum absolute atomic E-state index is 12.3. The van der Waals surface area contributed by atoms with Crippen molar-refractivity contribution in [1.82, 2.24) is 0 Å². The van der Waals surface area contributed by atoms with Crippen LogP contribution in [-0.4, -0.2) is 35.0 Å². The predicted octanol–water partition coefficient (Wildman–Crippen LogP) is 6.58. The smallest absolute Gasteiger partial charge is 0.308 e. The third-order valence-electron chi connectivity index (χ3n) is 7.03. The van der Waals surface area contributed by atoms with Gasteiger partial charge in [0.15, 0.2) is 0 Å². The summed E-state index contributed by atoms with van der Waals surface area (Å²) in [6.45, 7) is 8.90. The molecule has 2 N–H and O–H groups in total. The topological polar surface area (TPSA) is 66.8 Å². The Balaban J connectivity index is 2.40. The lowest BCUT2D eigenvalue weighted by Crippen LogP contribution is -2.20. The number of carbonyl (C=O) groups is 1. The molecule has 182 valence electrons. The van der Waals surface area contributed by atoms with Crippen LogP contribution in [0.25, 0.3) is 0 Å². The van der Waals surface area contributed by atoms with Crippen molar-refractivity contribution in [3.8, 4) is 0 Å². The first-order chi connectivity index (χ1) is 14.9. The van der Waals surface area contributed by atoms with Gasteiger partial charge in [-0.3, -0.25) is 4.79 Å². The number of rotatable bonds is 17. The highest BCUT2D eigenvalue weighted by atomic mass is 16.5. The van der Waals surface area contributed by atoms with E-state index in [1.165, 1.54) is 18.4 Å². The monoisotopic (exact) mass is 438 g/mol. The highest BCUT2D eigenvalue weighted by Crippen LogP contribution is 2.36. The second-order valence-corrected chi connectivity index (χ2v) is 9.71. The van der Waals surface area contributed by atoms with Gasteiger partial charge >= 0.3 is 5.97 Å². The second-order valence-electron chi connectivity index (χ2n) is 9.71. The maximum Gasteiger partial charge on any atom is 0.308 e. The molecule has 4 nitrogen and oxygen atoms in total. The van der Waals surface area contributed by atoms with Crippen LogP contribution in [0, 0.1) is 17.8 Å². The number of hydrogen-bond acceptors (Lipinski definition) is 4. The molecule has 0 aromatic rings. The second kappa shape index (κ2) is 16.7. The highest BCUT2D eigenvalue weighted by Gasteiger charge is 2.29. The van der Waals surface area contributed by atoms with Crippen LogP contribution in [0.5, 0.6) is 0 Å². The van der Waals surface area contributed by atoms with Gasteiger partial charge in [0.05, 0.1) is 24.7 Å². The lowest BCUT2D eigenvalue weighted by molar-refractivity contribution is -0.149. The van der Waals surface area contributed by atoms with Crippen LogP contribution in [0.2, 0.25) is 0 Å². The van der Waals surface area contributed by atoms with Gasteiger partial charge in [-0.05, 0) is 57.8 Å². The van der Waals surface area contributed by atoms with Crippen LogP contribution in [0.4, 0.5) is 0 Å². The molecule has 0 aliphatic heterocycles. The van der Waals surface area contributed by atoms with Crippen LogP contribution < -0.4 is 0 Å². The summed E-state index contributed by atoms with van der Waals surface area (Å²) < 4.78 is 5.29. The number of ether oxygens (including phenoxy) is 1. The number of aliphatic hydroxyl groups is 2. The first-order valence-corrected chi connectivity index (χ1v) is 13.1. The van der Waals surface area contributed by atoms with Crippen LogP contribution in [0.1, 0.15) is 118 Å². The summed E-state index contributed by atoms with van der Waals surface area (Å²) in [7, 11) is 0. The Morgan fingerprint density at radius 3 is 2.55 bits per heavy atom. The van der Waals surface area contributed by atoms with E-state index in [0.29, 0.717) is 12.5 Å². The summed E-state index contributed by atoms with van der Waals surface area (Å²) >= 11 is 0. The fourth-order valence-corrected chi connectivity index (χ4v) is 4.79. The van der Waals surface area contributed by atoms with Crippen LogP contribution in [-0.2, 0) is 9.53 Å². The molecule has 0 spiro atoms. The van der Waals surface area contributed by atoms with E-state index in [4.69, 9.17) is 4.74 Å². The molecule has 31 heavy (non-hydrogen) atoms. The molecule has 3 unspecified atom stereocenters. The molecule has 4 heteroatoms. The highest BCUT2D eigenvalue weighted by molar-refractivity contribution is 5.72. The first kappa shape index (κ1) is 28.2. The molecule has 0 aromatic heterocycles. The Morgan fingerprint density at radius 1 is 1.13 bits per heavy atom. The molecule has 0 saturated heterocycles. The Kier molecular flexibility index (Phi) is 15.2. The molecule has 5 atom stereocenters. The minimum Gasteiger partial charge on any atom is -0.466 e. The molecular formula is C27H50O4. The van der Waals surface area contributed by atoms with Crippen LogP contribution in [0.15, 0.2) is 11.6 Å². The zero-order chi connectivity index (χ0) is 23.1. The maximum atomic E-state index is 12.3. The van der Waals surface area contributed by atoms with Gasteiger partial charge < -0.3 is 14.9 Å². The summed E-state index contributed by atoms with van der Waals surface area (Å²) in [6, 6.07) is 0. The van der Waals surface area contributed by atoms with Gasteiger partial charge in [-0.2, -0.15) is 0 Å². The standard InChI is InChI=1S/C27H50O4/c1-5-8-10-14-24(28)18-16-22-17-19-26(29)25(22)15-12-9-11-13-23(20-21(4)6-2)27(30)31-7-3/h16,21,23-26,28-29H,5-15,17-20H2,1-4H3/t21?,23?,24?,25-,26+/m1/s1. The Morgan fingerprint density at radius 2 is 1.87 bits per heavy atom. The van der Waals surface area contributed by atoms with E-state index in [9.17, 15) is 15.0 Å². The van der Waals surface area contributed by atoms with Crippen molar-refractivity contribution < 1.29 is 19.7 Å². The molecule has 0 bridgehead atoms. The minimum atomic E-state index is -0.247. The van der Waals surface area contributed by atoms with E-state index in [-0.39, 0.29) is 30.0 Å². The zero-order valence-corrected chi connectivity index (χ0v) is 20.8. The van der Waals surface area contributed by atoms with Crippen molar-refractivity contribution in [3.05, 3.63) is 11.6 Å². The fraction of sp³-hybridized carbons (Fsp3) is 0.889. The van der Waals surface area contributed by atoms with Gasteiger partial charge in [-0.25, -0.2) is 0 Å². The molecule has 1 saturated carbocycles. The molecule has 0 aromatic carbocycles. The lowest BCUT2D eigenvalue weighted by atomic mass is 9.88. The van der Waals surface area contributed by atoms with E-state index in [0.717, 1.165) is 77.0 Å². The average Bonchev–Trinajstić information content (AvgIpc) is 3.10. The molecule has 0 radical (unpaired) electrons. The summed E-state index contributed by atoms with van der Waals surface area (Å²) in [6.07, 6.45) is 15.7. The van der Waals surface area contributed by atoms with E-state index in [1.807, 2.05) is 6.92 Å². The number of hydrogen-bond donors (Lipinski definition) is 2. The van der Waals surface area contributed by atoms with Gasteiger partial charge in [0, 0.05) is 5.92 Å². The van der Waals surface area contributed by atoms with Crippen LogP contribution in [0.3, 0.4) is 0 Å². The fourth-order valence-electron chi connectivity index (χ4n) is 4.79. The van der Waals surface area contributed by atoms with Gasteiger partial charge in [-0.15, -0.1) is 0 Å². The largest absolute Gasteiger partial charge is 0.466 e. The predicted molar refractivity (Wildman–Crippen MR) is 129 cm³/mol. The van der Waals surface area contributed by atoms with Crippen molar-refractivity contribution >= 4 is 5.97 Å². The third-order valence-corrected chi connectivity index (χ3v) is 7.03. The van der Waals surface area contributed by atoms with E-state index in [1.54, 1.807) is 0 Å². The Bertz CT molecular complexity index is 501. The van der Waals surface area contributed by atoms with Gasteiger partial charge in [0.2, 0.25) is 0 Å². The van der Waals surface area contributed by atoms with Crippen molar-refractivity contribution in [2.75, 3.05) is 6.61 Å². The number of esters is 1. The lowest BCUT2D eigenvalue weighted by Gasteiger charge is -2.20. The Hall–Kier alpha value is -0.870. The van der Waals surface area contributed by atoms with Gasteiger partial charge in [-0.1, -0.05) is 77.4 Å². The molecular weight excluding hydrogens is 388 g/mol. The van der Waals surface area contributed by atoms with Crippen LogP contribution >= 0.6 is 0 Å². The van der Waals surface area contributed by atoms with E-state index in [2.05, 4.69) is 26.8 Å². The number of aliphatic hydroxyl groups excluding tert-OH is 2. The number of carbonyl (C=O) groups excluding carboxylic acids is 1. The minimum absolute atomic E-state index is 0.0247. The zero-order valence-electron chi connectivity index (χ0n) is 20.8. The molecule has 0 amide bonds. The molecule has 1 rings (SSSR count). The van der Waals surface area contributed by atoms with Crippen molar-refractivity contribution in [2.45, 2.75) is 130 Å². The third kappa shape index (κ3) is 11.5. The first-order valence-electron chi connectivity index (χ1n) is 13.1. The van der Waals surface area contributed by atoms with Crippen molar-refractivity contribution in [2.24, 2.45) is 17.8 Å². The average molecular weight is 439 g/mol. The molecule has 1 aliphatic carbocycles. The molecule has 0 heterocycles. The normalized spacial score (nSPS) is 23.1. The summed E-state index contributed by atoms with van der Waals surface area (Å²) in [5, 5.41) is 20.6. The molecule has 1 aliphatic rings. The SMILES string of the molecule is CCCCCC(O)CC=C1CC[C@H](O)[C@@H]1CCCCCC(CC(C)CC)C(=O)OCC. The van der Waals surface area contributed by atoms with E-state index < -0.39 is 0 Å². The summed E-state index contributed by atoms with van der Waals surface area (Å²) in [5.41, 5.74) is 1.35. The quantitative estimate of drug-likeness (QED) is 0.153. The summed E-state index contributed by atoms with van der Waals surface area (Å²) in [4.78, 5) is 12.3. The van der Waals surface area contributed by atoms with E-state index >= 15 is 0 Å². The summed E-state index contributed by atoms with van der Waals surface area (Å²) in [5.74, 6) is 0.797. The molecule has 1 fully saturated rings.